The van der Waals surface area contributed by atoms with Crippen molar-refractivity contribution in [2.45, 2.75) is 13.8 Å². The molecule has 0 spiro atoms. The Kier molecular flexibility index (Phi) is 4.13. The lowest BCUT2D eigenvalue weighted by atomic mass is 10.3. The van der Waals surface area contributed by atoms with Gasteiger partial charge >= 0.3 is 5.97 Å². The average Bonchev–Trinajstić information content (AvgIpc) is 2.41. The molecule has 98 valence electrons. The number of carbonyl (C=O) groups is 1. The number of nitrogens with zero attached hydrogens (tertiary/aromatic N) is 1. The number of rotatable bonds is 4. The fraction of sp³-hybridized carbons (Fsp3) is 0.200. The SMILES string of the molecule is CCOc1ccccc1OC(=O)c1cccc(C)n1. The zero-order valence-corrected chi connectivity index (χ0v) is 10.9. The van der Waals surface area contributed by atoms with E-state index in [9.17, 15) is 4.79 Å². The van der Waals surface area contributed by atoms with E-state index in [-0.39, 0.29) is 5.69 Å². The van der Waals surface area contributed by atoms with Crippen LogP contribution in [0.4, 0.5) is 0 Å². The van der Waals surface area contributed by atoms with Gasteiger partial charge in [0.2, 0.25) is 0 Å². The predicted molar refractivity (Wildman–Crippen MR) is 71.5 cm³/mol. The second-order valence-electron chi connectivity index (χ2n) is 3.93. The molecule has 4 heteroatoms. The quantitative estimate of drug-likeness (QED) is 0.624. The first-order chi connectivity index (χ1) is 9.20. The fourth-order valence-electron chi connectivity index (χ4n) is 1.62. The summed E-state index contributed by atoms with van der Waals surface area (Å²) in [5, 5.41) is 0. The van der Waals surface area contributed by atoms with E-state index in [4.69, 9.17) is 9.47 Å². The van der Waals surface area contributed by atoms with Crippen LogP contribution in [0, 0.1) is 6.92 Å². The number of benzene rings is 1. The molecule has 0 aliphatic carbocycles. The molecule has 1 aromatic carbocycles. The van der Waals surface area contributed by atoms with Gasteiger partial charge in [-0.15, -0.1) is 0 Å². The molecule has 0 N–H and O–H groups in total. The number of aryl methyl sites for hydroxylation is 1. The van der Waals surface area contributed by atoms with E-state index in [1.54, 1.807) is 30.3 Å². The molecule has 0 radical (unpaired) electrons. The number of hydrogen-bond donors (Lipinski definition) is 0. The molecule has 0 fully saturated rings. The molecule has 2 aromatic rings. The van der Waals surface area contributed by atoms with Crippen molar-refractivity contribution >= 4 is 5.97 Å². The second kappa shape index (κ2) is 6.00. The number of ether oxygens (including phenoxy) is 2. The second-order valence-corrected chi connectivity index (χ2v) is 3.93. The minimum atomic E-state index is -0.490. The van der Waals surface area contributed by atoms with Crippen LogP contribution < -0.4 is 9.47 Å². The molecule has 0 unspecified atom stereocenters. The molecule has 0 atom stereocenters. The summed E-state index contributed by atoms with van der Waals surface area (Å²) in [6, 6.07) is 12.3. The van der Waals surface area contributed by atoms with Gasteiger partial charge in [0.25, 0.3) is 0 Å². The smallest absolute Gasteiger partial charge is 0.362 e. The monoisotopic (exact) mass is 257 g/mol. The van der Waals surface area contributed by atoms with E-state index in [2.05, 4.69) is 4.98 Å². The summed E-state index contributed by atoms with van der Waals surface area (Å²) < 4.78 is 10.7. The Balaban J connectivity index is 2.19. The van der Waals surface area contributed by atoms with E-state index < -0.39 is 5.97 Å². The summed E-state index contributed by atoms with van der Waals surface area (Å²) >= 11 is 0. The van der Waals surface area contributed by atoms with Gasteiger partial charge in [-0.05, 0) is 38.1 Å². The van der Waals surface area contributed by atoms with Crippen molar-refractivity contribution in [1.82, 2.24) is 4.98 Å². The lowest BCUT2D eigenvalue weighted by molar-refractivity contribution is 0.0722. The molecule has 1 aromatic heterocycles. The molecule has 0 bridgehead atoms. The molecule has 0 saturated carbocycles. The first-order valence-electron chi connectivity index (χ1n) is 6.08. The van der Waals surface area contributed by atoms with Crippen LogP contribution in [0.2, 0.25) is 0 Å². The van der Waals surface area contributed by atoms with Crippen molar-refractivity contribution in [3.05, 3.63) is 53.9 Å². The van der Waals surface area contributed by atoms with Gasteiger partial charge in [0.1, 0.15) is 5.69 Å². The summed E-state index contributed by atoms with van der Waals surface area (Å²) in [4.78, 5) is 16.1. The molecule has 4 nitrogen and oxygen atoms in total. The van der Waals surface area contributed by atoms with Crippen LogP contribution in [-0.2, 0) is 0 Å². The van der Waals surface area contributed by atoms with Gasteiger partial charge in [0.05, 0.1) is 6.61 Å². The van der Waals surface area contributed by atoms with Gasteiger partial charge in [-0.25, -0.2) is 9.78 Å². The Bertz CT molecular complexity index is 581. The third kappa shape index (κ3) is 3.31. The topological polar surface area (TPSA) is 48.4 Å². The molecule has 1 heterocycles. The minimum absolute atomic E-state index is 0.284. The third-order valence-electron chi connectivity index (χ3n) is 2.45. The molecule has 0 saturated heterocycles. The number of hydrogen-bond acceptors (Lipinski definition) is 4. The number of carbonyl (C=O) groups excluding carboxylic acids is 1. The molecule has 2 rings (SSSR count). The zero-order valence-electron chi connectivity index (χ0n) is 10.9. The van der Waals surface area contributed by atoms with Crippen molar-refractivity contribution in [2.24, 2.45) is 0 Å². The summed E-state index contributed by atoms with van der Waals surface area (Å²) in [7, 11) is 0. The van der Waals surface area contributed by atoms with Gasteiger partial charge in [-0.3, -0.25) is 0 Å². The van der Waals surface area contributed by atoms with Crippen LogP contribution in [0.3, 0.4) is 0 Å². The first-order valence-corrected chi connectivity index (χ1v) is 6.08. The van der Waals surface area contributed by atoms with Crippen molar-refractivity contribution in [3.63, 3.8) is 0 Å². The first kappa shape index (κ1) is 13.1. The zero-order chi connectivity index (χ0) is 13.7. The van der Waals surface area contributed by atoms with Crippen LogP contribution >= 0.6 is 0 Å². The van der Waals surface area contributed by atoms with E-state index in [0.717, 1.165) is 5.69 Å². The highest BCUT2D eigenvalue weighted by molar-refractivity contribution is 5.89. The number of para-hydroxylation sites is 2. The normalized spacial score (nSPS) is 10.0. The predicted octanol–water partition coefficient (Wildman–Crippen LogP) is 3.01. The molecule has 19 heavy (non-hydrogen) atoms. The molecular formula is C15H15NO3. The van der Waals surface area contributed by atoms with Gasteiger partial charge in [0.15, 0.2) is 11.5 Å². The van der Waals surface area contributed by atoms with Gasteiger partial charge in [-0.1, -0.05) is 18.2 Å². The largest absolute Gasteiger partial charge is 0.490 e. The maximum absolute atomic E-state index is 12.0. The van der Waals surface area contributed by atoms with Crippen molar-refractivity contribution in [3.8, 4) is 11.5 Å². The van der Waals surface area contributed by atoms with E-state index >= 15 is 0 Å². The third-order valence-corrected chi connectivity index (χ3v) is 2.45. The van der Waals surface area contributed by atoms with E-state index in [1.807, 2.05) is 26.0 Å². The highest BCUT2D eigenvalue weighted by Gasteiger charge is 2.13. The highest BCUT2D eigenvalue weighted by Crippen LogP contribution is 2.26. The number of pyridine rings is 1. The summed E-state index contributed by atoms with van der Waals surface area (Å²) in [6.45, 7) is 4.21. The van der Waals surface area contributed by atoms with Gasteiger partial charge < -0.3 is 9.47 Å². The van der Waals surface area contributed by atoms with Crippen molar-refractivity contribution in [2.75, 3.05) is 6.61 Å². The minimum Gasteiger partial charge on any atom is -0.490 e. The van der Waals surface area contributed by atoms with Crippen LogP contribution in [0.1, 0.15) is 23.1 Å². The van der Waals surface area contributed by atoms with Crippen LogP contribution in [-0.4, -0.2) is 17.6 Å². The van der Waals surface area contributed by atoms with Crippen molar-refractivity contribution < 1.29 is 14.3 Å². The Morgan fingerprint density at radius 2 is 1.84 bits per heavy atom. The lowest BCUT2D eigenvalue weighted by Crippen LogP contribution is -2.11. The molecule has 0 aliphatic heterocycles. The standard InChI is InChI=1S/C15H15NO3/c1-3-18-13-9-4-5-10-14(13)19-15(17)12-8-6-7-11(2)16-12/h4-10H,3H2,1-2H3. The summed E-state index contributed by atoms with van der Waals surface area (Å²) in [5.41, 5.74) is 1.05. The Morgan fingerprint density at radius 1 is 1.11 bits per heavy atom. The lowest BCUT2D eigenvalue weighted by Gasteiger charge is -2.09. The Labute approximate surface area is 112 Å². The van der Waals surface area contributed by atoms with Crippen LogP contribution in [0.15, 0.2) is 42.5 Å². The number of esters is 1. The van der Waals surface area contributed by atoms with Crippen LogP contribution in [0.25, 0.3) is 0 Å². The van der Waals surface area contributed by atoms with Crippen molar-refractivity contribution in [1.29, 1.82) is 0 Å². The molecular weight excluding hydrogens is 242 g/mol. The Morgan fingerprint density at radius 3 is 2.53 bits per heavy atom. The maximum atomic E-state index is 12.0. The summed E-state index contributed by atoms with van der Waals surface area (Å²) in [5.74, 6) is 0.458. The molecule has 0 aliphatic rings. The van der Waals surface area contributed by atoms with E-state index in [1.165, 1.54) is 0 Å². The molecule has 0 amide bonds. The van der Waals surface area contributed by atoms with Gasteiger partial charge in [0, 0.05) is 5.69 Å². The van der Waals surface area contributed by atoms with E-state index in [0.29, 0.717) is 18.1 Å². The Hall–Kier alpha value is -2.36. The van der Waals surface area contributed by atoms with Crippen LogP contribution in [0.5, 0.6) is 11.5 Å². The number of aromatic nitrogens is 1. The van der Waals surface area contributed by atoms with Gasteiger partial charge in [-0.2, -0.15) is 0 Å². The summed E-state index contributed by atoms with van der Waals surface area (Å²) in [6.07, 6.45) is 0. The average molecular weight is 257 g/mol. The fourth-order valence-corrected chi connectivity index (χ4v) is 1.62. The highest BCUT2D eigenvalue weighted by atomic mass is 16.6. The maximum Gasteiger partial charge on any atom is 0.362 e.